The molecule has 0 spiro atoms. The lowest BCUT2D eigenvalue weighted by Crippen LogP contribution is -2.31. The summed E-state index contributed by atoms with van der Waals surface area (Å²) >= 11 is 0. The molecule has 0 aliphatic carbocycles. The minimum Gasteiger partial charge on any atom is -0.478 e. The maximum Gasteiger partial charge on any atom is 0.336 e. The number of ether oxygens (including phenoxy) is 1. The number of carbonyl (C=O) groups is 1. The SMILES string of the molecule is O=C(O)c1ccccc1CN1CCOCC(Cc2ccc3nccn3n2)C1. The van der Waals surface area contributed by atoms with Crippen LogP contribution in [0.5, 0.6) is 0 Å². The Labute approximate surface area is 157 Å². The molecule has 1 aliphatic rings. The highest BCUT2D eigenvalue weighted by molar-refractivity contribution is 5.89. The van der Waals surface area contributed by atoms with Crippen molar-refractivity contribution >= 4 is 11.6 Å². The maximum absolute atomic E-state index is 11.5. The van der Waals surface area contributed by atoms with Crippen LogP contribution < -0.4 is 0 Å². The highest BCUT2D eigenvalue weighted by atomic mass is 16.5. The van der Waals surface area contributed by atoms with Crippen molar-refractivity contribution in [3.05, 3.63) is 65.6 Å². The van der Waals surface area contributed by atoms with Crippen LogP contribution in [-0.2, 0) is 17.7 Å². The Morgan fingerprint density at radius 1 is 1.26 bits per heavy atom. The maximum atomic E-state index is 11.5. The van der Waals surface area contributed by atoms with Crippen LogP contribution in [0.25, 0.3) is 5.65 Å². The molecule has 0 bridgehead atoms. The van der Waals surface area contributed by atoms with Gasteiger partial charge in [-0.05, 0) is 30.2 Å². The van der Waals surface area contributed by atoms with Gasteiger partial charge in [-0.3, -0.25) is 4.90 Å². The third-order valence-electron chi connectivity index (χ3n) is 4.87. The van der Waals surface area contributed by atoms with Crippen LogP contribution in [0.2, 0.25) is 0 Å². The minimum atomic E-state index is -0.883. The Kier molecular flexibility index (Phi) is 5.13. The van der Waals surface area contributed by atoms with Gasteiger partial charge in [0.2, 0.25) is 0 Å². The van der Waals surface area contributed by atoms with Crippen molar-refractivity contribution in [2.45, 2.75) is 13.0 Å². The summed E-state index contributed by atoms with van der Waals surface area (Å²) in [5.41, 5.74) is 3.04. The van der Waals surface area contributed by atoms with E-state index in [-0.39, 0.29) is 0 Å². The molecule has 0 amide bonds. The van der Waals surface area contributed by atoms with Gasteiger partial charge >= 0.3 is 5.97 Å². The van der Waals surface area contributed by atoms with Crippen molar-refractivity contribution < 1.29 is 14.6 Å². The fourth-order valence-corrected chi connectivity index (χ4v) is 3.59. The van der Waals surface area contributed by atoms with E-state index in [1.807, 2.05) is 30.5 Å². The molecular weight excluding hydrogens is 344 g/mol. The molecule has 3 aromatic rings. The number of hydrogen-bond acceptors (Lipinski definition) is 5. The molecule has 0 saturated carbocycles. The average molecular weight is 366 g/mol. The first-order valence-electron chi connectivity index (χ1n) is 9.09. The van der Waals surface area contributed by atoms with Gasteiger partial charge in [-0.2, -0.15) is 5.10 Å². The first-order chi connectivity index (χ1) is 13.2. The molecule has 1 N–H and O–H groups in total. The van der Waals surface area contributed by atoms with Gasteiger partial charge in [-0.15, -0.1) is 0 Å². The number of hydrogen-bond donors (Lipinski definition) is 1. The van der Waals surface area contributed by atoms with Gasteiger partial charge in [0.05, 0.1) is 24.5 Å². The summed E-state index contributed by atoms with van der Waals surface area (Å²) in [4.78, 5) is 18.0. The lowest BCUT2D eigenvalue weighted by Gasteiger charge is -2.24. The molecule has 7 heteroatoms. The summed E-state index contributed by atoms with van der Waals surface area (Å²) in [5.74, 6) is -0.580. The lowest BCUT2D eigenvalue weighted by molar-refractivity contribution is 0.0694. The van der Waals surface area contributed by atoms with Crippen molar-refractivity contribution in [1.29, 1.82) is 0 Å². The Hall–Kier alpha value is -2.77. The van der Waals surface area contributed by atoms with Crippen LogP contribution in [0.3, 0.4) is 0 Å². The fraction of sp³-hybridized carbons (Fsp3) is 0.350. The molecule has 4 rings (SSSR count). The second kappa shape index (κ2) is 7.85. The van der Waals surface area contributed by atoms with Crippen LogP contribution in [0.4, 0.5) is 0 Å². The van der Waals surface area contributed by atoms with E-state index in [1.165, 1.54) is 0 Å². The molecule has 140 valence electrons. The van der Waals surface area contributed by atoms with Crippen molar-refractivity contribution in [1.82, 2.24) is 19.5 Å². The van der Waals surface area contributed by atoms with Crippen LogP contribution in [0.1, 0.15) is 21.6 Å². The van der Waals surface area contributed by atoms with Gasteiger partial charge in [0.15, 0.2) is 5.65 Å². The topological polar surface area (TPSA) is 80.0 Å². The lowest BCUT2D eigenvalue weighted by atomic mass is 10.0. The van der Waals surface area contributed by atoms with E-state index < -0.39 is 5.97 Å². The zero-order valence-corrected chi connectivity index (χ0v) is 15.0. The van der Waals surface area contributed by atoms with Crippen LogP contribution >= 0.6 is 0 Å². The largest absolute Gasteiger partial charge is 0.478 e. The standard InChI is InChI=1S/C20H22N4O3/c25-20(26)18-4-2-1-3-16(18)13-23-9-10-27-14-15(12-23)11-17-5-6-19-21-7-8-24(19)22-17/h1-8,15H,9-14H2,(H,25,26). The van der Waals surface area contributed by atoms with Crippen molar-refractivity contribution in [3.63, 3.8) is 0 Å². The van der Waals surface area contributed by atoms with Gasteiger partial charge in [0, 0.05) is 37.9 Å². The number of imidazole rings is 1. The molecule has 2 aromatic heterocycles. The minimum absolute atomic E-state index is 0.304. The number of carboxylic acids is 1. The summed E-state index contributed by atoms with van der Waals surface area (Å²) < 4.78 is 7.58. The van der Waals surface area contributed by atoms with Crippen molar-refractivity contribution in [2.24, 2.45) is 5.92 Å². The van der Waals surface area contributed by atoms with Crippen LogP contribution in [-0.4, -0.2) is 56.9 Å². The number of rotatable bonds is 5. The smallest absolute Gasteiger partial charge is 0.336 e. The second-order valence-corrected chi connectivity index (χ2v) is 6.90. The second-order valence-electron chi connectivity index (χ2n) is 6.90. The highest BCUT2D eigenvalue weighted by Crippen LogP contribution is 2.17. The first kappa shape index (κ1) is 17.6. The highest BCUT2D eigenvalue weighted by Gasteiger charge is 2.21. The van der Waals surface area contributed by atoms with Crippen LogP contribution in [0.15, 0.2) is 48.8 Å². The van der Waals surface area contributed by atoms with Crippen molar-refractivity contribution in [2.75, 3.05) is 26.3 Å². The molecule has 0 radical (unpaired) electrons. The van der Waals surface area contributed by atoms with E-state index in [4.69, 9.17) is 4.74 Å². The Balaban J connectivity index is 1.46. The monoisotopic (exact) mass is 366 g/mol. The molecule has 1 aliphatic heterocycles. The Morgan fingerprint density at radius 2 is 2.15 bits per heavy atom. The Morgan fingerprint density at radius 3 is 3.04 bits per heavy atom. The summed E-state index contributed by atoms with van der Waals surface area (Å²) in [6.07, 6.45) is 4.39. The quantitative estimate of drug-likeness (QED) is 0.745. The average Bonchev–Trinajstić information content (AvgIpc) is 3.02. The normalized spacial score (nSPS) is 18.4. The van der Waals surface area contributed by atoms with Gasteiger partial charge in [0.1, 0.15) is 0 Å². The van der Waals surface area contributed by atoms with E-state index in [2.05, 4.69) is 15.0 Å². The number of aromatic nitrogens is 3. The summed E-state index contributed by atoms with van der Waals surface area (Å²) in [7, 11) is 0. The van der Waals surface area contributed by atoms with Gasteiger partial charge in [-0.1, -0.05) is 18.2 Å². The van der Waals surface area contributed by atoms with E-state index in [9.17, 15) is 9.90 Å². The Bertz CT molecular complexity index is 940. The number of benzene rings is 1. The molecule has 1 aromatic carbocycles. The molecule has 7 nitrogen and oxygen atoms in total. The van der Waals surface area contributed by atoms with Gasteiger partial charge < -0.3 is 9.84 Å². The zero-order valence-electron chi connectivity index (χ0n) is 15.0. The first-order valence-corrected chi connectivity index (χ1v) is 9.09. The predicted octanol–water partition coefficient (Wildman–Crippen LogP) is 2.12. The predicted molar refractivity (Wildman–Crippen MR) is 99.7 cm³/mol. The van der Waals surface area contributed by atoms with E-state index >= 15 is 0 Å². The van der Waals surface area contributed by atoms with Crippen molar-refractivity contribution in [3.8, 4) is 0 Å². The third-order valence-corrected chi connectivity index (χ3v) is 4.87. The molecule has 27 heavy (non-hydrogen) atoms. The number of aromatic carboxylic acids is 1. The van der Waals surface area contributed by atoms with Gasteiger partial charge in [-0.25, -0.2) is 14.3 Å². The van der Waals surface area contributed by atoms with E-state index in [0.29, 0.717) is 31.2 Å². The van der Waals surface area contributed by atoms with E-state index in [0.717, 1.165) is 36.4 Å². The third kappa shape index (κ3) is 4.15. The number of nitrogens with zero attached hydrogens (tertiary/aromatic N) is 4. The van der Waals surface area contributed by atoms with Crippen LogP contribution in [0, 0.1) is 5.92 Å². The molecule has 1 atom stereocenters. The molecule has 1 saturated heterocycles. The van der Waals surface area contributed by atoms with Gasteiger partial charge in [0.25, 0.3) is 0 Å². The van der Waals surface area contributed by atoms with E-state index in [1.54, 1.807) is 22.8 Å². The summed E-state index contributed by atoms with van der Waals surface area (Å²) in [6.45, 7) is 3.58. The fourth-order valence-electron chi connectivity index (χ4n) is 3.59. The molecule has 1 unspecified atom stereocenters. The molecule has 3 heterocycles. The number of carboxylic acid groups (broad SMARTS) is 1. The molecular formula is C20H22N4O3. The summed E-state index contributed by atoms with van der Waals surface area (Å²) in [6, 6.07) is 11.2. The zero-order chi connectivity index (χ0) is 18.6. The number of fused-ring (bicyclic) bond motifs is 1. The summed E-state index contributed by atoms with van der Waals surface area (Å²) in [5, 5.41) is 14.0. The molecule has 1 fully saturated rings.